The lowest BCUT2D eigenvalue weighted by Gasteiger charge is -2.42. The maximum atomic E-state index is 6.71. The molecule has 0 saturated carbocycles. The molecule has 0 amide bonds. The number of allylic oxidation sites excluding steroid dienone is 2. The fourth-order valence-corrected chi connectivity index (χ4v) is 4.16. The van der Waals surface area contributed by atoms with Crippen molar-refractivity contribution in [2.24, 2.45) is 5.84 Å². The lowest BCUT2D eigenvalue weighted by Crippen LogP contribution is -2.54. The predicted octanol–water partition coefficient (Wildman–Crippen LogP) is 4.74. The van der Waals surface area contributed by atoms with Crippen LogP contribution in [-0.2, 0) is 4.74 Å². The smallest absolute Gasteiger partial charge is 0.177 e. The zero-order chi connectivity index (χ0) is 19.4. The van der Waals surface area contributed by atoms with Gasteiger partial charge in [-0.15, -0.1) is 0 Å². The maximum absolute atomic E-state index is 6.71. The SMILES string of the molecule is COC1(N(N)c2ccccc2N2CCCCC2)C=CC(c2ccccc2)=CC1. The Morgan fingerprint density at radius 2 is 1.68 bits per heavy atom. The zero-order valence-electron chi connectivity index (χ0n) is 16.6. The predicted molar refractivity (Wildman–Crippen MR) is 117 cm³/mol. The molecule has 4 heteroatoms. The number of ether oxygens (including phenoxy) is 1. The van der Waals surface area contributed by atoms with Crippen LogP contribution in [0.3, 0.4) is 0 Å². The molecule has 1 heterocycles. The Morgan fingerprint density at radius 1 is 0.964 bits per heavy atom. The van der Waals surface area contributed by atoms with Gasteiger partial charge in [0.1, 0.15) is 0 Å². The number of hydrazine groups is 1. The number of benzene rings is 2. The van der Waals surface area contributed by atoms with Gasteiger partial charge < -0.3 is 9.64 Å². The number of rotatable bonds is 5. The van der Waals surface area contributed by atoms with Crippen LogP contribution in [0.15, 0.2) is 72.8 Å². The average Bonchev–Trinajstić information content (AvgIpc) is 2.80. The first-order chi connectivity index (χ1) is 13.7. The Bertz CT molecular complexity index is 855. The number of hydrogen-bond acceptors (Lipinski definition) is 4. The number of para-hydroxylation sites is 2. The summed E-state index contributed by atoms with van der Waals surface area (Å²) in [7, 11) is 1.73. The molecule has 2 aromatic rings. The van der Waals surface area contributed by atoms with E-state index < -0.39 is 5.72 Å². The van der Waals surface area contributed by atoms with E-state index in [2.05, 4.69) is 65.6 Å². The van der Waals surface area contributed by atoms with Crippen molar-refractivity contribution in [2.45, 2.75) is 31.4 Å². The molecule has 146 valence electrons. The third-order valence-electron chi connectivity index (χ3n) is 5.84. The van der Waals surface area contributed by atoms with E-state index >= 15 is 0 Å². The summed E-state index contributed by atoms with van der Waals surface area (Å²) in [4.78, 5) is 2.44. The van der Waals surface area contributed by atoms with Crippen LogP contribution in [0.1, 0.15) is 31.2 Å². The third-order valence-corrected chi connectivity index (χ3v) is 5.84. The molecule has 2 N–H and O–H groups in total. The Morgan fingerprint density at radius 3 is 2.36 bits per heavy atom. The van der Waals surface area contributed by atoms with E-state index in [0.29, 0.717) is 6.42 Å². The minimum Gasteiger partial charge on any atom is -0.370 e. The molecule has 1 aliphatic heterocycles. The molecule has 1 unspecified atom stereocenters. The summed E-state index contributed by atoms with van der Waals surface area (Å²) in [5.41, 5.74) is 3.91. The Kier molecular flexibility index (Phi) is 5.51. The second-order valence-electron chi connectivity index (χ2n) is 7.52. The Labute approximate surface area is 167 Å². The Balaban J connectivity index is 1.61. The van der Waals surface area contributed by atoms with Crippen LogP contribution in [0, 0.1) is 0 Å². The van der Waals surface area contributed by atoms with Gasteiger partial charge in [-0.1, -0.05) is 54.6 Å². The highest BCUT2D eigenvalue weighted by Crippen LogP contribution is 2.38. The van der Waals surface area contributed by atoms with Crippen LogP contribution in [-0.4, -0.2) is 25.9 Å². The van der Waals surface area contributed by atoms with Crippen molar-refractivity contribution in [3.8, 4) is 0 Å². The van der Waals surface area contributed by atoms with Gasteiger partial charge in [-0.05, 0) is 48.6 Å². The minimum absolute atomic E-state index is 0.690. The summed E-state index contributed by atoms with van der Waals surface area (Å²) in [5.74, 6) is 6.71. The molecule has 2 aromatic carbocycles. The van der Waals surface area contributed by atoms with Crippen molar-refractivity contribution in [2.75, 3.05) is 30.1 Å². The second-order valence-corrected chi connectivity index (χ2v) is 7.52. The van der Waals surface area contributed by atoms with Gasteiger partial charge in [0.15, 0.2) is 5.72 Å². The molecule has 2 aliphatic rings. The van der Waals surface area contributed by atoms with Crippen LogP contribution in [0.25, 0.3) is 5.57 Å². The number of nitrogens with zero attached hydrogens (tertiary/aromatic N) is 2. The number of methoxy groups -OCH3 is 1. The van der Waals surface area contributed by atoms with E-state index in [9.17, 15) is 0 Å². The van der Waals surface area contributed by atoms with Gasteiger partial charge in [0, 0.05) is 26.6 Å². The molecule has 4 rings (SSSR count). The van der Waals surface area contributed by atoms with E-state index in [0.717, 1.165) is 18.8 Å². The quantitative estimate of drug-likeness (QED) is 0.465. The van der Waals surface area contributed by atoms with E-state index in [1.54, 1.807) is 12.1 Å². The average molecular weight is 376 g/mol. The topological polar surface area (TPSA) is 41.7 Å². The standard InChI is InChI=1S/C24H29N3O/c1-28-24(16-14-21(15-17-24)20-10-4-2-5-11-20)27(25)23-13-7-6-12-22(23)26-18-8-3-9-19-26/h2,4-7,10-16H,3,8-9,17-19,25H2,1H3. The van der Waals surface area contributed by atoms with Gasteiger partial charge in [0.25, 0.3) is 0 Å². The van der Waals surface area contributed by atoms with Crippen LogP contribution in [0.2, 0.25) is 0 Å². The summed E-state index contributed by atoms with van der Waals surface area (Å²) in [6.45, 7) is 2.16. The summed E-state index contributed by atoms with van der Waals surface area (Å²) in [6.07, 6.45) is 10.9. The monoisotopic (exact) mass is 375 g/mol. The minimum atomic E-state index is -0.690. The van der Waals surface area contributed by atoms with Crippen LogP contribution >= 0.6 is 0 Å². The van der Waals surface area contributed by atoms with Crippen molar-refractivity contribution < 1.29 is 4.74 Å². The molecule has 1 aliphatic carbocycles. The molecule has 1 saturated heterocycles. The van der Waals surface area contributed by atoms with Gasteiger partial charge in [-0.2, -0.15) is 0 Å². The van der Waals surface area contributed by atoms with Crippen molar-refractivity contribution in [1.29, 1.82) is 0 Å². The summed E-state index contributed by atoms with van der Waals surface area (Å²) in [5, 5.41) is 1.80. The highest BCUT2D eigenvalue weighted by atomic mass is 16.5. The first-order valence-electron chi connectivity index (χ1n) is 10.1. The van der Waals surface area contributed by atoms with Crippen LogP contribution in [0.5, 0.6) is 0 Å². The summed E-state index contributed by atoms with van der Waals surface area (Å²) in [6, 6.07) is 18.8. The van der Waals surface area contributed by atoms with Crippen molar-refractivity contribution in [3.63, 3.8) is 0 Å². The van der Waals surface area contributed by atoms with Gasteiger partial charge in [0.2, 0.25) is 0 Å². The van der Waals surface area contributed by atoms with E-state index in [4.69, 9.17) is 10.6 Å². The molecular formula is C24H29N3O. The number of piperidine rings is 1. The highest BCUT2D eigenvalue weighted by molar-refractivity contribution is 5.77. The lowest BCUT2D eigenvalue weighted by molar-refractivity contribution is 0.0307. The molecule has 0 radical (unpaired) electrons. The van der Waals surface area contributed by atoms with Gasteiger partial charge in [-0.3, -0.25) is 5.01 Å². The summed E-state index contributed by atoms with van der Waals surface area (Å²) < 4.78 is 5.97. The molecule has 0 spiro atoms. The largest absolute Gasteiger partial charge is 0.370 e. The molecule has 28 heavy (non-hydrogen) atoms. The first kappa shape index (κ1) is 18.8. The molecular weight excluding hydrogens is 346 g/mol. The van der Waals surface area contributed by atoms with E-state index in [1.807, 2.05) is 12.1 Å². The molecule has 4 nitrogen and oxygen atoms in total. The van der Waals surface area contributed by atoms with E-state index in [-0.39, 0.29) is 0 Å². The maximum Gasteiger partial charge on any atom is 0.177 e. The lowest BCUT2D eigenvalue weighted by atomic mass is 9.94. The third kappa shape index (κ3) is 3.58. The Hall–Kier alpha value is -2.56. The number of nitrogens with two attached hydrogens (primary N) is 1. The normalized spacial score (nSPS) is 22.1. The number of anilines is 2. The van der Waals surface area contributed by atoms with Gasteiger partial charge in [-0.25, -0.2) is 5.84 Å². The summed E-state index contributed by atoms with van der Waals surface area (Å²) >= 11 is 0. The molecule has 0 aromatic heterocycles. The fraction of sp³-hybridized carbons (Fsp3) is 0.333. The van der Waals surface area contributed by atoms with E-state index in [1.165, 1.54) is 36.1 Å². The van der Waals surface area contributed by atoms with Crippen molar-refractivity contribution in [3.05, 3.63) is 78.4 Å². The molecule has 1 fully saturated rings. The zero-order valence-corrected chi connectivity index (χ0v) is 16.6. The molecule has 1 atom stereocenters. The van der Waals surface area contributed by atoms with Crippen molar-refractivity contribution >= 4 is 16.9 Å². The van der Waals surface area contributed by atoms with Crippen LogP contribution in [0.4, 0.5) is 11.4 Å². The van der Waals surface area contributed by atoms with Gasteiger partial charge >= 0.3 is 0 Å². The number of hydrogen-bond donors (Lipinski definition) is 1. The van der Waals surface area contributed by atoms with Crippen LogP contribution < -0.4 is 15.8 Å². The first-order valence-corrected chi connectivity index (χ1v) is 10.1. The molecule has 0 bridgehead atoms. The second kappa shape index (κ2) is 8.21. The highest BCUT2D eigenvalue weighted by Gasteiger charge is 2.35. The van der Waals surface area contributed by atoms with Crippen molar-refractivity contribution in [1.82, 2.24) is 0 Å². The van der Waals surface area contributed by atoms with Gasteiger partial charge in [0.05, 0.1) is 11.4 Å². The fourth-order valence-electron chi connectivity index (χ4n) is 4.16.